The van der Waals surface area contributed by atoms with Gasteiger partial charge >= 0.3 is 5.76 Å². The lowest BCUT2D eigenvalue weighted by Gasteiger charge is -2.13. The first-order valence-electron chi connectivity index (χ1n) is 6.78. The second kappa shape index (κ2) is 4.64. The molecule has 0 amide bonds. The van der Waals surface area contributed by atoms with E-state index in [9.17, 15) is 4.79 Å². The minimum Gasteiger partial charge on any atom is -0.408 e. The molecule has 1 aromatic carbocycles. The molecule has 19 heavy (non-hydrogen) atoms. The highest BCUT2D eigenvalue weighted by molar-refractivity contribution is 5.85. The molecule has 5 nitrogen and oxygen atoms in total. The number of rotatable bonds is 3. The lowest BCUT2D eigenvalue weighted by atomic mass is 10.1. The summed E-state index contributed by atoms with van der Waals surface area (Å²) in [4.78, 5) is 13.8. The summed E-state index contributed by atoms with van der Waals surface area (Å²) < 4.78 is 4.98. The van der Waals surface area contributed by atoms with Gasteiger partial charge in [0.2, 0.25) is 0 Å². The van der Waals surface area contributed by atoms with Crippen molar-refractivity contribution in [1.82, 2.24) is 4.98 Å². The molecule has 1 aliphatic carbocycles. The Morgan fingerprint density at radius 2 is 2.32 bits per heavy atom. The van der Waals surface area contributed by atoms with Gasteiger partial charge in [0, 0.05) is 12.6 Å². The first-order chi connectivity index (χ1) is 9.11. The molecule has 0 aliphatic heterocycles. The average molecular weight is 261 g/mol. The summed E-state index contributed by atoms with van der Waals surface area (Å²) >= 11 is 0. The number of oxazole rings is 1. The number of nitrogens with two attached hydrogens (primary N) is 1. The van der Waals surface area contributed by atoms with E-state index in [1.165, 1.54) is 19.3 Å². The number of aromatic amines is 1. The molecule has 1 saturated carbocycles. The Morgan fingerprint density at radius 1 is 1.47 bits per heavy atom. The zero-order valence-electron chi connectivity index (χ0n) is 11.0. The summed E-state index contributed by atoms with van der Waals surface area (Å²) in [5, 5.41) is 3.39. The summed E-state index contributed by atoms with van der Waals surface area (Å²) in [7, 11) is 0. The molecular weight excluding hydrogens is 242 g/mol. The lowest BCUT2D eigenvalue weighted by Crippen LogP contribution is -2.12. The van der Waals surface area contributed by atoms with E-state index in [0.29, 0.717) is 22.7 Å². The number of anilines is 2. The number of hydrogen-bond donors (Lipinski definition) is 3. The molecule has 0 bridgehead atoms. The Hall–Kier alpha value is -1.91. The van der Waals surface area contributed by atoms with Gasteiger partial charge in [-0.25, -0.2) is 4.79 Å². The number of nitrogen functional groups attached to an aromatic ring is 1. The van der Waals surface area contributed by atoms with Gasteiger partial charge in [-0.15, -0.1) is 0 Å². The quantitative estimate of drug-likeness (QED) is 0.741. The van der Waals surface area contributed by atoms with E-state index >= 15 is 0 Å². The van der Waals surface area contributed by atoms with Crippen molar-refractivity contribution in [3.63, 3.8) is 0 Å². The first-order valence-corrected chi connectivity index (χ1v) is 6.78. The fourth-order valence-corrected chi connectivity index (χ4v) is 2.93. The number of nitrogens with one attached hydrogen (secondary N) is 2. The summed E-state index contributed by atoms with van der Waals surface area (Å²) in [5.41, 5.74) is 8.63. The van der Waals surface area contributed by atoms with Gasteiger partial charge in [0.05, 0.1) is 16.9 Å². The van der Waals surface area contributed by atoms with Crippen LogP contribution in [0.2, 0.25) is 0 Å². The molecule has 2 aromatic rings. The lowest BCUT2D eigenvalue weighted by molar-refractivity contribution is 0.537. The second-order valence-electron chi connectivity index (χ2n) is 5.62. The summed E-state index contributed by atoms with van der Waals surface area (Å²) in [6, 6.07) is 3.53. The van der Waals surface area contributed by atoms with Crippen LogP contribution in [0.1, 0.15) is 26.2 Å². The van der Waals surface area contributed by atoms with Crippen molar-refractivity contribution in [2.45, 2.75) is 26.2 Å². The van der Waals surface area contributed by atoms with E-state index in [4.69, 9.17) is 10.2 Å². The van der Waals surface area contributed by atoms with Crippen molar-refractivity contribution in [2.24, 2.45) is 11.8 Å². The number of aromatic nitrogens is 1. The van der Waals surface area contributed by atoms with Gasteiger partial charge in [0.15, 0.2) is 5.58 Å². The van der Waals surface area contributed by atoms with Gasteiger partial charge < -0.3 is 15.5 Å². The third-order valence-corrected chi connectivity index (χ3v) is 3.98. The molecule has 0 radical (unpaired) electrons. The average Bonchev–Trinajstić information content (AvgIpc) is 2.91. The third-order valence-electron chi connectivity index (χ3n) is 3.98. The van der Waals surface area contributed by atoms with Gasteiger partial charge in [-0.1, -0.05) is 13.3 Å². The predicted molar refractivity (Wildman–Crippen MR) is 76.2 cm³/mol. The van der Waals surface area contributed by atoms with E-state index in [1.807, 2.05) is 6.07 Å². The zero-order valence-corrected chi connectivity index (χ0v) is 11.0. The molecule has 0 spiro atoms. The Morgan fingerprint density at radius 3 is 3.05 bits per heavy atom. The van der Waals surface area contributed by atoms with E-state index in [-0.39, 0.29) is 0 Å². The van der Waals surface area contributed by atoms with Crippen molar-refractivity contribution in [3.05, 3.63) is 22.7 Å². The largest absolute Gasteiger partial charge is 0.417 e. The number of hydrogen-bond acceptors (Lipinski definition) is 4. The van der Waals surface area contributed by atoms with Crippen LogP contribution in [0.25, 0.3) is 11.1 Å². The second-order valence-corrected chi connectivity index (χ2v) is 5.62. The van der Waals surface area contributed by atoms with Gasteiger partial charge in [0.25, 0.3) is 0 Å². The molecule has 1 heterocycles. The summed E-state index contributed by atoms with van der Waals surface area (Å²) in [5.74, 6) is 1.10. The highest BCUT2D eigenvalue weighted by Crippen LogP contribution is 2.31. The van der Waals surface area contributed by atoms with Crippen LogP contribution in [0.5, 0.6) is 0 Å². The van der Waals surface area contributed by atoms with Crippen LogP contribution in [0, 0.1) is 11.8 Å². The summed E-state index contributed by atoms with van der Waals surface area (Å²) in [6.07, 6.45) is 3.87. The first kappa shape index (κ1) is 12.1. The van der Waals surface area contributed by atoms with Crippen molar-refractivity contribution in [1.29, 1.82) is 0 Å². The van der Waals surface area contributed by atoms with E-state index < -0.39 is 5.76 Å². The smallest absolute Gasteiger partial charge is 0.408 e. The van der Waals surface area contributed by atoms with Gasteiger partial charge in [-0.3, -0.25) is 4.98 Å². The molecule has 1 fully saturated rings. The van der Waals surface area contributed by atoms with Crippen LogP contribution >= 0.6 is 0 Å². The number of H-pyrrole nitrogens is 1. The Kier molecular flexibility index (Phi) is 2.97. The molecule has 2 atom stereocenters. The van der Waals surface area contributed by atoms with E-state index in [1.54, 1.807) is 6.07 Å². The maximum Gasteiger partial charge on any atom is 0.417 e. The molecule has 3 rings (SSSR count). The summed E-state index contributed by atoms with van der Waals surface area (Å²) in [6.45, 7) is 3.23. The number of fused-ring (bicyclic) bond motifs is 1. The Labute approximate surface area is 111 Å². The monoisotopic (exact) mass is 261 g/mol. The third kappa shape index (κ3) is 2.45. The highest BCUT2D eigenvalue weighted by Gasteiger charge is 2.21. The van der Waals surface area contributed by atoms with Gasteiger partial charge in [0.1, 0.15) is 0 Å². The molecular formula is C14H19N3O2. The maximum absolute atomic E-state index is 11.1. The van der Waals surface area contributed by atoms with E-state index in [2.05, 4.69) is 17.2 Å². The van der Waals surface area contributed by atoms with Crippen molar-refractivity contribution in [3.8, 4) is 0 Å². The SMILES string of the molecule is CC1CCC(CNc2cc3[nH]c(=O)oc3cc2N)C1. The molecule has 102 valence electrons. The minimum absolute atomic E-state index is 0.448. The fraction of sp³-hybridized carbons (Fsp3) is 0.500. The molecule has 1 aliphatic rings. The predicted octanol–water partition coefficient (Wildman–Crippen LogP) is 2.55. The van der Waals surface area contributed by atoms with Crippen molar-refractivity contribution < 1.29 is 4.42 Å². The highest BCUT2D eigenvalue weighted by atomic mass is 16.4. The normalized spacial score (nSPS) is 23.0. The van der Waals surface area contributed by atoms with Crippen molar-refractivity contribution >= 4 is 22.5 Å². The Balaban J connectivity index is 1.76. The number of benzene rings is 1. The Bertz CT molecular complexity index is 644. The molecule has 0 saturated heterocycles. The van der Waals surface area contributed by atoms with Crippen LogP contribution < -0.4 is 16.8 Å². The molecule has 1 aromatic heterocycles. The zero-order chi connectivity index (χ0) is 13.4. The fourth-order valence-electron chi connectivity index (χ4n) is 2.93. The molecule has 2 unspecified atom stereocenters. The van der Waals surface area contributed by atoms with Crippen LogP contribution in [0.3, 0.4) is 0 Å². The van der Waals surface area contributed by atoms with Gasteiger partial charge in [-0.05, 0) is 30.7 Å². The van der Waals surface area contributed by atoms with Crippen LogP contribution in [-0.2, 0) is 0 Å². The van der Waals surface area contributed by atoms with E-state index in [0.717, 1.165) is 18.2 Å². The minimum atomic E-state index is -0.448. The topological polar surface area (TPSA) is 84.0 Å². The van der Waals surface area contributed by atoms with Crippen LogP contribution in [-0.4, -0.2) is 11.5 Å². The van der Waals surface area contributed by atoms with Crippen LogP contribution in [0.4, 0.5) is 11.4 Å². The van der Waals surface area contributed by atoms with Crippen molar-refractivity contribution in [2.75, 3.05) is 17.6 Å². The molecule has 5 heteroatoms. The van der Waals surface area contributed by atoms with Gasteiger partial charge in [-0.2, -0.15) is 0 Å². The molecule has 4 N–H and O–H groups in total. The van der Waals surface area contributed by atoms with Crippen LogP contribution in [0.15, 0.2) is 21.3 Å². The maximum atomic E-state index is 11.1. The standard InChI is InChI=1S/C14H19N3O2/c1-8-2-3-9(4-8)7-16-11-6-12-13(5-10(11)15)19-14(18)17-12/h5-6,8-9,16H,2-4,7,15H2,1H3,(H,17,18).